The summed E-state index contributed by atoms with van der Waals surface area (Å²) in [7, 11) is 1.31. The van der Waals surface area contributed by atoms with Gasteiger partial charge in [-0.3, -0.25) is 9.48 Å². The molecule has 0 amide bonds. The van der Waals surface area contributed by atoms with Gasteiger partial charge in [0, 0.05) is 30.3 Å². The molecule has 0 fully saturated rings. The van der Waals surface area contributed by atoms with Gasteiger partial charge >= 0.3 is 0 Å². The molecule has 0 saturated heterocycles. The lowest BCUT2D eigenvalue weighted by Crippen LogP contribution is -2.10. The number of aromatic nitrogens is 2. The van der Waals surface area contributed by atoms with Crippen molar-refractivity contribution in [3.8, 4) is 11.3 Å². The summed E-state index contributed by atoms with van der Waals surface area (Å²) in [6, 6.07) is 13.6. The van der Waals surface area contributed by atoms with Crippen LogP contribution in [0.3, 0.4) is 0 Å². The van der Waals surface area contributed by atoms with Gasteiger partial charge in [-0.2, -0.15) is 5.10 Å². The summed E-state index contributed by atoms with van der Waals surface area (Å²) >= 11 is 0. The molecular formula is C20H19F2N3O2. The van der Waals surface area contributed by atoms with E-state index in [0.717, 1.165) is 28.6 Å². The van der Waals surface area contributed by atoms with Crippen molar-refractivity contribution in [3.63, 3.8) is 0 Å². The van der Waals surface area contributed by atoms with Crippen LogP contribution in [0.1, 0.15) is 16.8 Å². The van der Waals surface area contributed by atoms with Crippen LogP contribution in [0.4, 0.5) is 8.78 Å². The lowest BCUT2D eigenvalue weighted by molar-refractivity contribution is -0.126. The predicted molar refractivity (Wildman–Crippen MR) is 96.7 cm³/mol. The van der Waals surface area contributed by atoms with Gasteiger partial charge in [-0.25, -0.2) is 8.78 Å². The Bertz CT molecular complexity index is 926. The van der Waals surface area contributed by atoms with E-state index in [4.69, 9.17) is 4.79 Å². The minimum atomic E-state index is -0.574. The van der Waals surface area contributed by atoms with Gasteiger partial charge in [0.15, 0.2) is 0 Å². The lowest BCUT2D eigenvalue weighted by atomic mass is 10.1. The van der Waals surface area contributed by atoms with Crippen molar-refractivity contribution < 1.29 is 18.3 Å². The van der Waals surface area contributed by atoms with Crippen molar-refractivity contribution in [2.75, 3.05) is 7.11 Å². The molecule has 1 aromatic heterocycles. The fourth-order valence-electron chi connectivity index (χ4n) is 3.04. The number of benzene rings is 2. The van der Waals surface area contributed by atoms with E-state index < -0.39 is 11.6 Å². The van der Waals surface area contributed by atoms with Gasteiger partial charge in [0.1, 0.15) is 11.6 Å². The molecule has 27 heavy (non-hydrogen) atoms. The largest absolute Gasteiger partial charge is 0.471 e. The highest BCUT2D eigenvalue weighted by Crippen LogP contribution is 2.32. The molecule has 0 spiro atoms. The fraction of sp³-hybridized carbons (Fsp3) is 0.200. The first-order valence-corrected chi connectivity index (χ1v) is 8.39. The minimum Gasteiger partial charge on any atom is -0.471 e. The Morgan fingerprint density at radius 2 is 1.93 bits per heavy atom. The van der Waals surface area contributed by atoms with E-state index >= 15 is 0 Å². The highest BCUT2D eigenvalue weighted by Gasteiger charge is 2.24. The van der Waals surface area contributed by atoms with Crippen LogP contribution in [0, 0.1) is 11.6 Å². The third-order valence-electron chi connectivity index (χ3n) is 4.19. The zero-order valence-corrected chi connectivity index (χ0v) is 14.8. The monoisotopic (exact) mass is 371 g/mol. The normalized spacial score (nSPS) is 12.1. The number of carbonyl (C=O) groups is 1. The summed E-state index contributed by atoms with van der Waals surface area (Å²) in [5.41, 5.74) is 4.13. The van der Waals surface area contributed by atoms with Crippen molar-refractivity contribution in [2.24, 2.45) is 0 Å². The average Bonchev–Trinajstić information content (AvgIpc) is 3.24. The Balaban J connectivity index is 0.000000481. The van der Waals surface area contributed by atoms with Crippen LogP contribution in [0.15, 0.2) is 48.5 Å². The maximum absolute atomic E-state index is 14.3. The number of ether oxygens (including phenoxy) is 1. The van der Waals surface area contributed by atoms with Gasteiger partial charge in [-0.15, -0.1) is 0 Å². The summed E-state index contributed by atoms with van der Waals surface area (Å²) < 4.78 is 33.2. The number of methoxy groups -OCH3 is 1. The topological polar surface area (TPSA) is 56.1 Å². The molecule has 1 N–H and O–H groups in total. The van der Waals surface area contributed by atoms with Crippen LogP contribution in [0.25, 0.3) is 11.3 Å². The first kappa shape index (κ1) is 18.7. The van der Waals surface area contributed by atoms with Crippen LogP contribution in [-0.4, -0.2) is 23.4 Å². The number of halogens is 2. The van der Waals surface area contributed by atoms with E-state index in [1.165, 1.54) is 19.2 Å². The number of hydrogen-bond donors (Lipinski definition) is 1. The SMILES string of the molecule is COC=O.Fc1ccc(-c2c3c(nn2Cc2ccccc2)CNC3)c(F)c1. The fourth-order valence-corrected chi connectivity index (χ4v) is 3.04. The predicted octanol–water partition coefficient (Wildman–Crippen LogP) is 3.27. The highest BCUT2D eigenvalue weighted by atomic mass is 19.1. The van der Waals surface area contributed by atoms with Crippen LogP contribution < -0.4 is 5.32 Å². The number of rotatable bonds is 4. The first-order chi connectivity index (χ1) is 13.1. The van der Waals surface area contributed by atoms with E-state index in [-0.39, 0.29) is 0 Å². The maximum Gasteiger partial charge on any atom is 0.292 e. The third kappa shape index (κ3) is 4.20. The molecule has 0 aliphatic carbocycles. The Hall–Kier alpha value is -3.06. The molecule has 0 unspecified atom stereocenters. The number of nitrogens with one attached hydrogen (secondary N) is 1. The van der Waals surface area contributed by atoms with Crippen molar-refractivity contribution in [2.45, 2.75) is 19.6 Å². The van der Waals surface area contributed by atoms with Crippen molar-refractivity contribution in [1.29, 1.82) is 0 Å². The molecule has 0 saturated carbocycles. The molecule has 2 heterocycles. The molecule has 4 rings (SSSR count). The number of fused-ring (bicyclic) bond motifs is 1. The molecule has 0 radical (unpaired) electrons. The van der Waals surface area contributed by atoms with E-state index in [9.17, 15) is 8.78 Å². The zero-order chi connectivity index (χ0) is 19.2. The van der Waals surface area contributed by atoms with Gasteiger partial charge in [0.25, 0.3) is 6.47 Å². The Morgan fingerprint density at radius 1 is 1.19 bits per heavy atom. The Morgan fingerprint density at radius 3 is 2.59 bits per heavy atom. The van der Waals surface area contributed by atoms with Crippen LogP contribution in [-0.2, 0) is 29.2 Å². The molecule has 0 atom stereocenters. The summed E-state index contributed by atoms with van der Waals surface area (Å²) in [5, 5.41) is 7.85. The smallest absolute Gasteiger partial charge is 0.292 e. The second kappa shape index (κ2) is 8.55. The van der Waals surface area contributed by atoms with E-state index in [1.807, 2.05) is 35.0 Å². The van der Waals surface area contributed by atoms with E-state index in [2.05, 4.69) is 15.2 Å². The molecule has 7 heteroatoms. The van der Waals surface area contributed by atoms with Crippen molar-refractivity contribution >= 4 is 6.47 Å². The minimum absolute atomic E-state index is 0.375. The van der Waals surface area contributed by atoms with Gasteiger partial charge < -0.3 is 10.1 Å². The first-order valence-electron chi connectivity index (χ1n) is 8.39. The summed E-state index contributed by atoms with van der Waals surface area (Å²) in [4.78, 5) is 8.95. The van der Waals surface area contributed by atoms with Crippen LogP contribution in [0.2, 0.25) is 0 Å². The molecule has 140 valence electrons. The summed E-state index contributed by atoms with van der Waals surface area (Å²) in [5.74, 6) is -1.14. The van der Waals surface area contributed by atoms with Crippen molar-refractivity contribution in [1.82, 2.24) is 15.1 Å². The van der Waals surface area contributed by atoms with Gasteiger partial charge in [-0.1, -0.05) is 30.3 Å². The molecule has 1 aliphatic heterocycles. The maximum atomic E-state index is 14.3. The average molecular weight is 371 g/mol. The molecule has 1 aliphatic rings. The van der Waals surface area contributed by atoms with Crippen molar-refractivity contribution in [3.05, 3.63) is 77.0 Å². The summed E-state index contributed by atoms with van der Waals surface area (Å²) in [6.07, 6.45) is 0. The number of nitrogens with zero attached hydrogens (tertiary/aromatic N) is 2. The highest BCUT2D eigenvalue weighted by molar-refractivity contribution is 5.66. The van der Waals surface area contributed by atoms with Gasteiger partial charge in [0.05, 0.1) is 25.0 Å². The molecule has 0 bridgehead atoms. The third-order valence-corrected chi connectivity index (χ3v) is 4.19. The second-order valence-corrected chi connectivity index (χ2v) is 5.98. The lowest BCUT2D eigenvalue weighted by Gasteiger charge is -2.11. The molecule has 5 nitrogen and oxygen atoms in total. The zero-order valence-electron chi connectivity index (χ0n) is 14.8. The number of hydrogen-bond acceptors (Lipinski definition) is 4. The van der Waals surface area contributed by atoms with Gasteiger partial charge in [-0.05, 0) is 17.7 Å². The number of carbonyl (C=O) groups excluding carboxylic acids is 1. The summed E-state index contributed by atoms with van der Waals surface area (Å²) in [6.45, 7) is 2.25. The quantitative estimate of drug-likeness (QED) is 0.715. The van der Waals surface area contributed by atoms with E-state index in [1.54, 1.807) is 0 Å². The Kier molecular flexibility index (Phi) is 5.93. The standard InChI is InChI=1S/C18H15F2N3.C2H4O2/c19-13-6-7-14(16(20)8-13)18-15-9-21-10-17(15)22-23(18)11-12-4-2-1-3-5-12;1-4-2-3/h1-8,21H,9-11H2;2H,1H3. The second-order valence-electron chi connectivity index (χ2n) is 5.98. The van der Waals surface area contributed by atoms with E-state index in [0.29, 0.717) is 31.7 Å². The van der Waals surface area contributed by atoms with Crippen LogP contribution >= 0.6 is 0 Å². The van der Waals surface area contributed by atoms with Gasteiger partial charge in [0.2, 0.25) is 0 Å². The Labute approximate surface area is 155 Å². The van der Waals surface area contributed by atoms with Crippen LogP contribution in [0.5, 0.6) is 0 Å². The molecule has 3 aromatic rings. The molecule has 2 aromatic carbocycles. The molecular weight excluding hydrogens is 352 g/mol.